The molecule has 1 aliphatic heterocycles. The van der Waals surface area contributed by atoms with Gasteiger partial charge >= 0.3 is 17.8 Å². The topological polar surface area (TPSA) is 105 Å². The number of nitrogens with one attached hydrogen (secondary N) is 1. The Labute approximate surface area is 191 Å². The summed E-state index contributed by atoms with van der Waals surface area (Å²) >= 11 is 0. The van der Waals surface area contributed by atoms with E-state index in [1.165, 1.54) is 12.0 Å². The number of hydrogen-bond acceptors (Lipinski definition) is 7. The van der Waals surface area contributed by atoms with Gasteiger partial charge < -0.3 is 19.9 Å². The van der Waals surface area contributed by atoms with E-state index in [1.807, 2.05) is 24.3 Å². The van der Waals surface area contributed by atoms with E-state index in [0.717, 1.165) is 16.8 Å². The summed E-state index contributed by atoms with van der Waals surface area (Å²) in [4.78, 5) is 48.2. The molecule has 1 aromatic heterocycles. The molecule has 9 heteroatoms. The Kier molecular flexibility index (Phi) is 6.58. The number of nitrogens with zero attached hydrogens (tertiary/aromatic N) is 4. The molecule has 168 valence electrons. The Hall–Kier alpha value is -4.27. The van der Waals surface area contributed by atoms with Crippen LogP contribution in [0.5, 0.6) is 0 Å². The van der Waals surface area contributed by atoms with Gasteiger partial charge in [0.2, 0.25) is 5.95 Å². The molecule has 9 nitrogen and oxygen atoms in total. The van der Waals surface area contributed by atoms with Gasteiger partial charge in [-0.05, 0) is 41.5 Å². The summed E-state index contributed by atoms with van der Waals surface area (Å²) < 4.78 is 4.69. The summed E-state index contributed by atoms with van der Waals surface area (Å²) in [6.07, 6.45) is 3.31. The maximum absolute atomic E-state index is 12.7. The second-order valence-electron chi connectivity index (χ2n) is 7.54. The van der Waals surface area contributed by atoms with Gasteiger partial charge in [0.05, 0.1) is 12.7 Å². The van der Waals surface area contributed by atoms with Crippen molar-refractivity contribution in [2.24, 2.45) is 0 Å². The molecule has 1 fully saturated rings. The molecule has 1 N–H and O–H groups in total. The van der Waals surface area contributed by atoms with Crippen molar-refractivity contribution >= 4 is 29.4 Å². The smallest absolute Gasteiger partial charge is 0.337 e. The van der Waals surface area contributed by atoms with Gasteiger partial charge in [0.15, 0.2) is 0 Å². The number of hydrogen-bond donors (Lipinski definition) is 1. The number of carbonyl (C=O) groups excluding carboxylic acids is 3. The van der Waals surface area contributed by atoms with Gasteiger partial charge in [0.25, 0.3) is 0 Å². The number of anilines is 2. The number of benzene rings is 2. The van der Waals surface area contributed by atoms with E-state index < -0.39 is 17.8 Å². The van der Waals surface area contributed by atoms with Crippen LogP contribution < -0.4 is 5.32 Å². The molecule has 4 rings (SSSR count). The van der Waals surface area contributed by atoms with Crippen molar-refractivity contribution in [3.63, 3.8) is 0 Å². The van der Waals surface area contributed by atoms with Gasteiger partial charge in [-0.3, -0.25) is 9.59 Å². The van der Waals surface area contributed by atoms with Gasteiger partial charge in [0, 0.05) is 44.3 Å². The number of ether oxygens (including phenoxy) is 1. The Bertz CT molecular complexity index is 1130. The number of amides is 2. The fourth-order valence-electron chi connectivity index (χ4n) is 3.51. The Morgan fingerprint density at radius 3 is 1.91 bits per heavy atom. The fourth-order valence-corrected chi connectivity index (χ4v) is 3.51. The predicted octanol–water partition coefficient (Wildman–Crippen LogP) is 2.38. The summed E-state index contributed by atoms with van der Waals surface area (Å²) in [7, 11) is 1.32. The molecular formula is C24H23N5O4. The summed E-state index contributed by atoms with van der Waals surface area (Å²) in [5.41, 5.74) is 3.02. The second kappa shape index (κ2) is 9.90. The van der Waals surface area contributed by atoms with Crippen LogP contribution >= 0.6 is 0 Å². The van der Waals surface area contributed by atoms with Gasteiger partial charge in [-0.2, -0.15) is 0 Å². The SMILES string of the molecule is COC(=O)c1ccc(CN2CCN(Cc3ccc(Nc4ncccn4)cc3)C(=O)C2=O)cc1. The van der Waals surface area contributed by atoms with Crippen molar-refractivity contribution in [1.82, 2.24) is 19.8 Å². The highest BCUT2D eigenvalue weighted by molar-refractivity contribution is 6.35. The normalized spacial score (nSPS) is 13.7. The first-order valence-electron chi connectivity index (χ1n) is 10.4. The van der Waals surface area contributed by atoms with Crippen molar-refractivity contribution in [2.45, 2.75) is 13.1 Å². The van der Waals surface area contributed by atoms with E-state index in [0.29, 0.717) is 37.7 Å². The lowest BCUT2D eigenvalue weighted by molar-refractivity contribution is -0.156. The molecule has 0 atom stereocenters. The molecule has 3 aromatic rings. The summed E-state index contributed by atoms with van der Waals surface area (Å²) in [6, 6.07) is 16.1. The quantitative estimate of drug-likeness (QED) is 0.440. The molecule has 0 spiro atoms. The van der Waals surface area contributed by atoms with Crippen LogP contribution in [-0.2, 0) is 27.4 Å². The average molecular weight is 445 g/mol. The maximum atomic E-state index is 12.7. The average Bonchev–Trinajstić information content (AvgIpc) is 2.85. The first-order valence-corrected chi connectivity index (χ1v) is 10.4. The monoisotopic (exact) mass is 445 g/mol. The third kappa shape index (κ3) is 5.32. The minimum Gasteiger partial charge on any atom is -0.465 e. The standard InChI is InChI=1S/C24H23N5O4/c1-33-23(32)19-7-3-17(4-8-19)15-28-13-14-29(22(31)21(28)30)16-18-5-9-20(10-6-18)27-24-25-11-2-12-26-24/h2-12H,13-16H2,1H3,(H,25,26,27). The molecule has 2 amide bonds. The van der Waals surface area contributed by atoms with Crippen molar-refractivity contribution in [3.8, 4) is 0 Å². The highest BCUT2D eigenvalue weighted by Gasteiger charge is 2.32. The largest absolute Gasteiger partial charge is 0.465 e. The molecule has 0 radical (unpaired) electrons. The lowest BCUT2D eigenvalue weighted by Gasteiger charge is -2.34. The molecule has 2 aromatic carbocycles. The molecule has 33 heavy (non-hydrogen) atoms. The predicted molar refractivity (Wildman–Crippen MR) is 120 cm³/mol. The van der Waals surface area contributed by atoms with E-state index in [2.05, 4.69) is 20.0 Å². The lowest BCUT2D eigenvalue weighted by Crippen LogP contribution is -2.53. The van der Waals surface area contributed by atoms with Crippen molar-refractivity contribution in [3.05, 3.63) is 83.7 Å². The van der Waals surface area contributed by atoms with Gasteiger partial charge in [-0.15, -0.1) is 0 Å². The van der Waals surface area contributed by atoms with E-state index in [9.17, 15) is 14.4 Å². The van der Waals surface area contributed by atoms with Crippen LogP contribution in [0.3, 0.4) is 0 Å². The summed E-state index contributed by atoms with van der Waals surface area (Å²) in [5.74, 6) is -0.967. The summed E-state index contributed by atoms with van der Waals surface area (Å²) in [6.45, 7) is 1.55. The minimum absolute atomic E-state index is 0.307. The lowest BCUT2D eigenvalue weighted by atomic mass is 10.1. The highest BCUT2D eigenvalue weighted by Crippen LogP contribution is 2.17. The van der Waals surface area contributed by atoms with Gasteiger partial charge in [0.1, 0.15) is 0 Å². The minimum atomic E-state index is -0.530. The van der Waals surface area contributed by atoms with Crippen molar-refractivity contribution in [1.29, 1.82) is 0 Å². The molecule has 0 aliphatic carbocycles. The number of esters is 1. The molecular weight excluding hydrogens is 422 g/mol. The number of aromatic nitrogens is 2. The Morgan fingerprint density at radius 1 is 0.879 bits per heavy atom. The fraction of sp³-hybridized carbons (Fsp3) is 0.208. The molecule has 1 saturated heterocycles. The number of methoxy groups -OCH3 is 1. The van der Waals surface area contributed by atoms with Crippen LogP contribution in [0.4, 0.5) is 11.6 Å². The van der Waals surface area contributed by atoms with E-state index >= 15 is 0 Å². The summed E-state index contributed by atoms with van der Waals surface area (Å²) in [5, 5.41) is 3.10. The van der Waals surface area contributed by atoms with Crippen molar-refractivity contribution < 1.29 is 19.1 Å². The van der Waals surface area contributed by atoms with Crippen LogP contribution in [-0.4, -0.2) is 57.8 Å². The van der Waals surface area contributed by atoms with Crippen LogP contribution in [0.15, 0.2) is 67.0 Å². The van der Waals surface area contributed by atoms with E-state index in [1.54, 1.807) is 47.6 Å². The van der Waals surface area contributed by atoms with Crippen LogP contribution in [0, 0.1) is 0 Å². The molecule has 2 heterocycles. The number of carbonyl (C=O) groups is 3. The first-order chi connectivity index (χ1) is 16.0. The molecule has 0 bridgehead atoms. The highest BCUT2D eigenvalue weighted by atomic mass is 16.5. The molecule has 0 saturated carbocycles. The Morgan fingerprint density at radius 2 is 1.39 bits per heavy atom. The molecule has 1 aliphatic rings. The number of rotatable bonds is 7. The number of piperazine rings is 1. The molecule has 0 unspecified atom stereocenters. The van der Waals surface area contributed by atoms with Crippen LogP contribution in [0.1, 0.15) is 21.5 Å². The Balaban J connectivity index is 1.33. The zero-order chi connectivity index (χ0) is 23.2. The zero-order valence-electron chi connectivity index (χ0n) is 18.1. The van der Waals surface area contributed by atoms with Gasteiger partial charge in [-0.25, -0.2) is 14.8 Å². The van der Waals surface area contributed by atoms with E-state index in [-0.39, 0.29) is 0 Å². The van der Waals surface area contributed by atoms with Gasteiger partial charge in [-0.1, -0.05) is 24.3 Å². The first kappa shape index (κ1) is 21.9. The van der Waals surface area contributed by atoms with Crippen LogP contribution in [0.2, 0.25) is 0 Å². The zero-order valence-corrected chi connectivity index (χ0v) is 18.1. The maximum Gasteiger partial charge on any atom is 0.337 e. The van der Waals surface area contributed by atoms with Crippen LogP contribution in [0.25, 0.3) is 0 Å². The van der Waals surface area contributed by atoms with Crippen molar-refractivity contribution in [2.75, 3.05) is 25.5 Å². The van der Waals surface area contributed by atoms with E-state index in [4.69, 9.17) is 0 Å². The third-order valence-corrected chi connectivity index (χ3v) is 5.29. The third-order valence-electron chi connectivity index (χ3n) is 5.29. The second-order valence-corrected chi connectivity index (χ2v) is 7.54.